The van der Waals surface area contributed by atoms with Gasteiger partial charge in [-0.25, -0.2) is 4.98 Å². The summed E-state index contributed by atoms with van der Waals surface area (Å²) in [7, 11) is 0. The molecule has 2 heterocycles. The Labute approximate surface area is 165 Å². The van der Waals surface area contributed by atoms with Crippen LogP contribution in [0.1, 0.15) is 24.4 Å². The van der Waals surface area contributed by atoms with E-state index in [0.717, 1.165) is 22.9 Å². The van der Waals surface area contributed by atoms with E-state index in [2.05, 4.69) is 21.8 Å². The van der Waals surface area contributed by atoms with Crippen LogP contribution in [0.3, 0.4) is 0 Å². The van der Waals surface area contributed by atoms with Crippen molar-refractivity contribution in [2.75, 3.05) is 31.1 Å². The first-order valence-corrected chi connectivity index (χ1v) is 9.51. The van der Waals surface area contributed by atoms with Gasteiger partial charge in [0, 0.05) is 36.9 Å². The summed E-state index contributed by atoms with van der Waals surface area (Å²) in [4.78, 5) is 12.0. The number of hydrogen-bond acceptors (Lipinski definition) is 3. The number of rotatable bonds is 3. The van der Waals surface area contributed by atoms with Crippen molar-refractivity contribution < 1.29 is 13.2 Å². The molecule has 1 saturated heterocycles. The quantitative estimate of drug-likeness (QED) is 0.653. The number of fused-ring (bicyclic) bond motifs is 1. The molecule has 1 aliphatic heterocycles. The molecule has 2 aromatic carbocycles. The van der Waals surface area contributed by atoms with E-state index in [1.165, 1.54) is 6.07 Å². The van der Waals surface area contributed by atoms with E-state index in [4.69, 9.17) is 11.6 Å². The summed E-state index contributed by atoms with van der Waals surface area (Å²) in [5, 5.41) is 0.646. The minimum absolute atomic E-state index is 0.0335. The molecule has 4 nitrogen and oxygen atoms in total. The van der Waals surface area contributed by atoms with Gasteiger partial charge in [0.2, 0.25) is 0 Å². The number of alkyl halides is 3. The van der Waals surface area contributed by atoms with Crippen molar-refractivity contribution in [1.29, 1.82) is 0 Å². The highest BCUT2D eigenvalue weighted by atomic mass is 35.5. The number of benzene rings is 2. The zero-order valence-electron chi connectivity index (χ0n) is 15.3. The van der Waals surface area contributed by atoms with Crippen LogP contribution >= 0.6 is 11.6 Å². The molecule has 1 N–H and O–H groups in total. The summed E-state index contributed by atoms with van der Waals surface area (Å²) in [6.45, 7) is 4.43. The first kappa shape index (κ1) is 19.1. The number of nitrogens with one attached hydrogen (secondary N) is 1. The molecule has 1 atom stereocenters. The maximum absolute atomic E-state index is 13.3. The second kappa shape index (κ2) is 7.29. The Bertz CT molecular complexity index is 977. The fourth-order valence-electron chi connectivity index (χ4n) is 3.71. The van der Waals surface area contributed by atoms with Crippen LogP contribution in [0.4, 0.5) is 18.9 Å². The molecule has 3 aromatic rings. The third kappa shape index (κ3) is 3.69. The number of halogens is 4. The van der Waals surface area contributed by atoms with Crippen molar-refractivity contribution >= 4 is 28.3 Å². The highest BCUT2D eigenvalue weighted by Gasteiger charge is 2.35. The van der Waals surface area contributed by atoms with E-state index in [-0.39, 0.29) is 11.7 Å². The molecule has 148 valence electrons. The van der Waals surface area contributed by atoms with Gasteiger partial charge in [0.15, 0.2) is 0 Å². The Morgan fingerprint density at radius 2 is 1.79 bits per heavy atom. The van der Waals surface area contributed by atoms with Gasteiger partial charge in [-0.15, -0.1) is 0 Å². The van der Waals surface area contributed by atoms with Crippen molar-refractivity contribution in [2.45, 2.75) is 19.1 Å². The Kier molecular flexibility index (Phi) is 4.97. The van der Waals surface area contributed by atoms with Crippen molar-refractivity contribution in [1.82, 2.24) is 14.9 Å². The van der Waals surface area contributed by atoms with Crippen LogP contribution in [0.5, 0.6) is 0 Å². The highest BCUT2D eigenvalue weighted by Crippen LogP contribution is 2.37. The van der Waals surface area contributed by atoms with Gasteiger partial charge in [0.05, 0.1) is 22.6 Å². The lowest BCUT2D eigenvalue weighted by Gasteiger charge is -2.39. The van der Waals surface area contributed by atoms with Gasteiger partial charge in [-0.2, -0.15) is 13.2 Å². The van der Waals surface area contributed by atoms with Gasteiger partial charge in [-0.1, -0.05) is 23.7 Å². The van der Waals surface area contributed by atoms with Crippen molar-refractivity contribution in [3.8, 4) is 0 Å². The second-order valence-corrected chi connectivity index (χ2v) is 7.43. The van der Waals surface area contributed by atoms with Crippen LogP contribution < -0.4 is 4.90 Å². The van der Waals surface area contributed by atoms with Gasteiger partial charge in [-0.3, -0.25) is 4.90 Å². The molecule has 0 saturated carbocycles. The average Bonchev–Trinajstić information content (AvgIpc) is 3.10. The minimum Gasteiger partial charge on any atom is -0.368 e. The fraction of sp³-hybridized carbons (Fsp3) is 0.350. The predicted molar refractivity (Wildman–Crippen MR) is 105 cm³/mol. The molecule has 0 radical (unpaired) electrons. The Morgan fingerprint density at radius 1 is 1.07 bits per heavy atom. The summed E-state index contributed by atoms with van der Waals surface area (Å²) in [5.41, 5.74) is 1.41. The number of para-hydroxylation sites is 1. The number of aromatic amines is 1. The monoisotopic (exact) mass is 408 g/mol. The van der Waals surface area contributed by atoms with E-state index < -0.39 is 11.7 Å². The van der Waals surface area contributed by atoms with Crippen molar-refractivity contribution in [2.24, 2.45) is 0 Å². The molecule has 1 aromatic heterocycles. The van der Waals surface area contributed by atoms with Crippen LogP contribution in [-0.2, 0) is 6.18 Å². The molecule has 8 heteroatoms. The molecule has 28 heavy (non-hydrogen) atoms. The average molecular weight is 409 g/mol. The van der Waals surface area contributed by atoms with Gasteiger partial charge in [0.1, 0.15) is 5.82 Å². The SMILES string of the molecule is C[C@@H](c1nc2ccc(Cl)cc2[nH]1)N1CCN(c2ccccc2C(F)(F)F)CC1. The van der Waals surface area contributed by atoms with Crippen LogP contribution in [0.25, 0.3) is 11.0 Å². The maximum Gasteiger partial charge on any atom is 0.418 e. The number of aromatic nitrogens is 2. The minimum atomic E-state index is -4.35. The zero-order valence-corrected chi connectivity index (χ0v) is 16.1. The number of hydrogen-bond donors (Lipinski definition) is 1. The number of H-pyrrole nitrogens is 1. The molecule has 1 fully saturated rings. The summed E-state index contributed by atoms with van der Waals surface area (Å²) >= 11 is 6.03. The van der Waals surface area contributed by atoms with E-state index in [1.807, 2.05) is 17.0 Å². The van der Waals surface area contributed by atoms with Gasteiger partial charge < -0.3 is 9.88 Å². The number of piperazine rings is 1. The van der Waals surface area contributed by atoms with E-state index >= 15 is 0 Å². The first-order valence-electron chi connectivity index (χ1n) is 9.13. The van der Waals surface area contributed by atoms with Crippen molar-refractivity contribution in [3.05, 3.63) is 58.9 Å². The van der Waals surface area contributed by atoms with Crippen LogP contribution in [-0.4, -0.2) is 41.0 Å². The topological polar surface area (TPSA) is 35.2 Å². The molecular formula is C20H20ClF3N4. The number of imidazole rings is 1. The van der Waals surface area contributed by atoms with E-state index in [1.54, 1.807) is 18.2 Å². The van der Waals surface area contributed by atoms with Crippen LogP contribution in [0.2, 0.25) is 5.02 Å². The maximum atomic E-state index is 13.3. The molecule has 0 bridgehead atoms. The number of nitrogens with zero attached hydrogens (tertiary/aromatic N) is 3. The van der Waals surface area contributed by atoms with Crippen LogP contribution in [0, 0.1) is 0 Å². The van der Waals surface area contributed by atoms with Crippen LogP contribution in [0.15, 0.2) is 42.5 Å². The molecule has 4 rings (SSSR count). The zero-order chi connectivity index (χ0) is 19.9. The lowest BCUT2D eigenvalue weighted by molar-refractivity contribution is -0.137. The Hall–Kier alpha value is -2.25. The van der Waals surface area contributed by atoms with Gasteiger partial charge in [-0.05, 0) is 37.3 Å². The predicted octanol–water partition coefficient (Wildman–Crippen LogP) is 5.12. The second-order valence-electron chi connectivity index (χ2n) is 7.00. The first-order chi connectivity index (χ1) is 13.3. The molecule has 0 amide bonds. The van der Waals surface area contributed by atoms with E-state index in [9.17, 15) is 13.2 Å². The smallest absolute Gasteiger partial charge is 0.368 e. The largest absolute Gasteiger partial charge is 0.418 e. The summed E-state index contributed by atoms with van der Waals surface area (Å²) in [5.74, 6) is 0.835. The highest BCUT2D eigenvalue weighted by molar-refractivity contribution is 6.31. The standard InChI is InChI=1S/C20H20ClF3N4/c1-13(19-25-16-7-6-14(21)12-17(16)26-19)27-8-10-28(11-9-27)18-5-3-2-4-15(18)20(22,23)24/h2-7,12-13H,8-11H2,1H3,(H,25,26)/t13-/m0/s1. The molecule has 0 spiro atoms. The lowest BCUT2D eigenvalue weighted by Crippen LogP contribution is -2.47. The van der Waals surface area contributed by atoms with Crippen molar-refractivity contribution in [3.63, 3.8) is 0 Å². The summed E-state index contributed by atoms with van der Waals surface area (Å²) in [6, 6.07) is 11.3. The number of anilines is 1. The summed E-state index contributed by atoms with van der Waals surface area (Å²) in [6.07, 6.45) is -4.35. The van der Waals surface area contributed by atoms with E-state index in [0.29, 0.717) is 31.2 Å². The summed E-state index contributed by atoms with van der Waals surface area (Å²) < 4.78 is 39.9. The van der Waals surface area contributed by atoms with Gasteiger partial charge >= 0.3 is 6.18 Å². The molecular weight excluding hydrogens is 389 g/mol. The molecule has 0 aliphatic carbocycles. The Morgan fingerprint density at radius 3 is 2.50 bits per heavy atom. The third-order valence-electron chi connectivity index (χ3n) is 5.27. The third-order valence-corrected chi connectivity index (χ3v) is 5.51. The fourth-order valence-corrected chi connectivity index (χ4v) is 3.88. The lowest BCUT2D eigenvalue weighted by atomic mass is 10.1. The molecule has 1 aliphatic rings. The van der Waals surface area contributed by atoms with Gasteiger partial charge in [0.25, 0.3) is 0 Å². The Balaban J connectivity index is 1.48. The molecule has 0 unspecified atom stereocenters. The normalized spacial score (nSPS) is 17.2.